The lowest BCUT2D eigenvalue weighted by atomic mass is 10.1. The maximum atomic E-state index is 10.5. The van der Waals surface area contributed by atoms with Gasteiger partial charge < -0.3 is 26.8 Å². The molecule has 0 fully saturated rings. The minimum Gasteiger partial charge on any atom is -0.504 e. The Balaban J connectivity index is 2.92. The Kier molecular flexibility index (Phi) is 3.01. The van der Waals surface area contributed by atoms with Crippen LogP contribution in [0.15, 0.2) is 12.1 Å². The lowest BCUT2D eigenvalue weighted by molar-refractivity contribution is -0.138. The summed E-state index contributed by atoms with van der Waals surface area (Å²) in [5.41, 5.74) is 11.1. The Hall–Kier alpha value is -1.95. The number of benzene rings is 1. The Morgan fingerprint density at radius 3 is 2.47 bits per heavy atom. The zero-order chi connectivity index (χ0) is 11.6. The van der Waals surface area contributed by atoms with Crippen LogP contribution in [0.3, 0.4) is 0 Å². The van der Waals surface area contributed by atoms with Crippen molar-refractivity contribution in [3.63, 3.8) is 0 Å². The third-order valence-corrected chi connectivity index (χ3v) is 1.95. The molecule has 7 N–H and O–H groups in total. The normalized spacial score (nSPS) is 12.3. The number of phenols is 2. The predicted molar refractivity (Wildman–Crippen MR) is 53.5 cm³/mol. The van der Waals surface area contributed by atoms with Gasteiger partial charge in [-0.05, 0) is 24.1 Å². The maximum Gasteiger partial charge on any atom is 0.320 e. The van der Waals surface area contributed by atoms with E-state index in [-0.39, 0.29) is 17.9 Å². The summed E-state index contributed by atoms with van der Waals surface area (Å²) in [6.45, 7) is 0. The van der Waals surface area contributed by atoms with E-state index >= 15 is 0 Å². The first-order valence-electron chi connectivity index (χ1n) is 4.20. The molecule has 6 nitrogen and oxygen atoms in total. The third kappa shape index (κ3) is 2.50. The summed E-state index contributed by atoms with van der Waals surface area (Å²) in [6.07, 6.45) is 0.0351. The molecule has 15 heavy (non-hydrogen) atoms. The van der Waals surface area contributed by atoms with Gasteiger partial charge in [-0.2, -0.15) is 0 Å². The molecule has 6 heteroatoms. The fraction of sp³-hybridized carbons (Fsp3) is 0.222. The van der Waals surface area contributed by atoms with E-state index in [9.17, 15) is 9.90 Å². The molecule has 0 heterocycles. The number of aliphatic carboxylic acids is 1. The zero-order valence-corrected chi connectivity index (χ0v) is 7.84. The van der Waals surface area contributed by atoms with Gasteiger partial charge in [0.05, 0.1) is 5.69 Å². The summed E-state index contributed by atoms with van der Waals surface area (Å²) in [7, 11) is 0. The molecule has 0 saturated carbocycles. The number of carboxylic acids is 1. The summed E-state index contributed by atoms with van der Waals surface area (Å²) in [5.74, 6) is -1.94. The number of nitrogens with two attached hydrogens (primary N) is 2. The Morgan fingerprint density at radius 2 is 2.00 bits per heavy atom. The number of aromatic hydroxyl groups is 2. The van der Waals surface area contributed by atoms with E-state index in [0.717, 1.165) is 0 Å². The van der Waals surface area contributed by atoms with Crippen molar-refractivity contribution in [3.8, 4) is 11.5 Å². The largest absolute Gasteiger partial charge is 0.504 e. The first-order valence-corrected chi connectivity index (χ1v) is 4.20. The number of nitrogen functional groups attached to an aromatic ring is 1. The first-order chi connectivity index (χ1) is 6.91. The monoisotopic (exact) mass is 212 g/mol. The lowest BCUT2D eigenvalue weighted by Gasteiger charge is -2.09. The van der Waals surface area contributed by atoms with Crippen LogP contribution in [0.1, 0.15) is 5.56 Å². The molecule has 0 bridgehead atoms. The van der Waals surface area contributed by atoms with E-state index in [1.54, 1.807) is 0 Å². The quantitative estimate of drug-likeness (QED) is 0.343. The van der Waals surface area contributed by atoms with E-state index in [4.69, 9.17) is 21.7 Å². The second-order valence-electron chi connectivity index (χ2n) is 3.20. The van der Waals surface area contributed by atoms with Crippen LogP contribution in [0.2, 0.25) is 0 Å². The van der Waals surface area contributed by atoms with Gasteiger partial charge >= 0.3 is 5.97 Å². The van der Waals surface area contributed by atoms with Crippen molar-refractivity contribution < 1.29 is 20.1 Å². The van der Waals surface area contributed by atoms with Crippen molar-refractivity contribution in [1.82, 2.24) is 0 Å². The summed E-state index contributed by atoms with van der Waals surface area (Å²) in [6, 6.07) is 1.54. The Labute approximate surface area is 85.8 Å². The van der Waals surface area contributed by atoms with Crippen LogP contribution >= 0.6 is 0 Å². The van der Waals surface area contributed by atoms with E-state index in [1.165, 1.54) is 12.1 Å². The number of carbonyl (C=O) groups is 1. The standard InChI is InChI=1S/C9H12N2O4/c10-5-1-4(2-6(11)9(14)15)3-7(12)8(5)13/h1,3,6,12-13H,2,10-11H2,(H,14,15). The molecular formula is C9H12N2O4. The molecule has 0 aliphatic carbocycles. The molecule has 1 unspecified atom stereocenters. The summed E-state index contributed by atoms with van der Waals surface area (Å²) >= 11 is 0. The highest BCUT2D eigenvalue weighted by atomic mass is 16.4. The van der Waals surface area contributed by atoms with E-state index in [0.29, 0.717) is 5.56 Å². The molecule has 0 aromatic heterocycles. The Bertz CT molecular complexity index is 369. The summed E-state index contributed by atoms with van der Waals surface area (Å²) < 4.78 is 0. The van der Waals surface area contributed by atoms with Crippen LogP contribution in [0.5, 0.6) is 11.5 Å². The molecule has 0 spiro atoms. The topological polar surface area (TPSA) is 130 Å². The molecule has 82 valence electrons. The molecule has 1 atom stereocenters. The molecule has 0 aliphatic heterocycles. The average Bonchev–Trinajstić information content (AvgIpc) is 2.13. The van der Waals surface area contributed by atoms with Crippen LogP contribution < -0.4 is 11.5 Å². The summed E-state index contributed by atoms with van der Waals surface area (Å²) in [4.78, 5) is 10.5. The zero-order valence-electron chi connectivity index (χ0n) is 7.84. The van der Waals surface area contributed by atoms with Crippen molar-refractivity contribution in [2.75, 3.05) is 5.73 Å². The number of anilines is 1. The van der Waals surface area contributed by atoms with Crippen LogP contribution in [0.25, 0.3) is 0 Å². The van der Waals surface area contributed by atoms with Crippen LogP contribution in [-0.2, 0) is 11.2 Å². The number of hydrogen-bond acceptors (Lipinski definition) is 5. The van der Waals surface area contributed by atoms with Crippen molar-refractivity contribution in [2.45, 2.75) is 12.5 Å². The number of phenolic OH excluding ortho intramolecular Hbond substituents is 2. The number of hydrogen-bond donors (Lipinski definition) is 5. The van der Waals surface area contributed by atoms with Gasteiger partial charge in [-0.1, -0.05) is 0 Å². The highest BCUT2D eigenvalue weighted by Gasteiger charge is 2.14. The van der Waals surface area contributed by atoms with Gasteiger partial charge in [-0.25, -0.2) is 0 Å². The highest BCUT2D eigenvalue weighted by molar-refractivity contribution is 5.74. The highest BCUT2D eigenvalue weighted by Crippen LogP contribution is 2.32. The van der Waals surface area contributed by atoms with Crippen molar-refractivity contribution in [1.29, 1.82) is 0 Å². The van der Waals surface area contributed by atoms with Gasteiger partial charge in [0.1, 0.15) is 6.04 Å². The average molecular weight is 212 g/mol. The minimum atomic E-state index is -1.14. The van der Waals surface area contributed by atoms with E-state index in [1.807, 2.05) is 0 Å². The molecule has 0 radical (unpaired) electrons. The van der Waals surface area contributed by atoms with Gasteiger partial charge in [0, 0.05) is 0 Å². The number of rotatable bonds is 3. The van der Waals surface area contributed by atoms with Crippen molar-refractivity contribution in [2.24, 2.45) is 5.73 Å². The lowest BCUT2D eigenvalue weighted by Crippen LogP contribution is -2.32. The fourth-order valence-corrected chi connectivity index (χ4v) is 1.16. The van der Waals surface area contributed by atoms with Crippen LogP contribution in [0.4, 0.5) is 5.69 Å². The van der Waals surface area contributed by atoms with Gasteiger partial charge in [0.15, 0.2) is 11.5 Å². The fourth-order valence-electron chi connectivity index (χ4n) is 1.16. The Morgan fingerprint density at radius 1 is 1.40 bits per heavy atom. The molecule has 0 saturated heterocycles. The first kappa shape index (κ1) is 11.1. The molecule has 1 aromatic rings. The van der Waals surface area contributed by atoms with Gasteiger partial charge in [0.2, 0.25) is 0 Å². The summed E-state index contributed by atoms with van der Waals surface area (Å²) in [5, 5.41) is 26.9. The predicted octanol–water partition coefficient (Wildman–Crippen LogP) is -0.366. The van der Waals surface area contributed by atoms with E-state index < -0.39 is 17.8 Å². The van der Waals surface area contributed by atoms with Crippen LogP contribution in [-0.4, -0.2) is 27.3 Å². The number of carboxylic acid groups (broad SMARTS) is 1. The van der Waals surface area contributed by atoms with Crippen LogP contribution in [0, 0.1) is 0 Å². The minimum absolute atomic E-state index is 0.0115. The second-order valence-corrected chi connectivity index (χ2v) is 3.20. The maximum absolute atomic E-state index is 10.5. The van der Waals surface area contributed by atoms with Crippen molar-refractivity contribution >= 4 is 11.7 Å². The second kappa shape index (κ2) is 4.05. The molecular weight excluding hydrogens is 200 g/mol. The van der Waals surface area contributed by atoms with Gasteiger partial charge in [0.25, 0.3) is 0 Å². The van der Waals surface area contributed by atoms with E-state index in [2.05, 4.69) is 0 Å². The molecule has 1 aromatic carbocycles. The van der Waals surface area contributed by atoms with Gasteiger partial charge in [-0.3, -0.25) is 4.79 Å². The molecule has 0 aliphatic rings. The van der Waals surface area contributed by atoms with Gasteiger partial charge in [-0.15, -0.1) is 0 Å². The third-order valence-electron chi connectivity index (χ3n) is 1.95. The van der Waals surface area contributed by atoms with Crippen molar-refractivity contribution in [3.05, 3.63) is 17.7 Å². The SMILES string of the molecule is Nc1cc(CC(N)C(=O)O)cc(O)c1O. The smallest absolute Gasteiger partial charge is 0.320 e. The molecule has 1 rings (SSSR count). The molecule has 0 amide bonds.